The number of carbonyl (C=O) groups excluding carboxylic acids is 1. The number of ether oxygens (including phenoxy) is 2. The molecule has 0 bridgehead atoms. The van der Waals surface area contributed by atoms with Crippen molar-refractivity contribution in [1.82, 2.24) is 13.6 Å². The molecule has 7 nitrogen and oxygen atoms in total. The number of anilines is 1. The number of likely N-dealkylation sites (N-methyl/N-ethyl adjacent to an activating group) is 1. The van der Waals surface area contributed by atoms with Gasteiger partial charge in [0.15, 0.2) is 0 Å². The van der Waals surface area contributed by atoms with Gasteiger partial charge in [0.1, 0.15) is 0 Å². The number of carbonyl (C=O) groups is 1. The van der Waals surface area contributed by atoms with Gasteiger partial charge < -0.3 is 19.3 Å². The summed E-state index contributed by atoms with van der Waals surface area (Å²) in [5.41, 5.74) is -1.08. The fourth-order valence-electron chi connectivity index (χ4n) is 2.04. The lowest BCUT2D eigenvalue weighted by Gasteiger charge is -2.33. The molecule has 0 atom stereocenters. The van der Waals surface area contributed by atoms with Crippen LogP contribution in [0, 0.1) is 0 Å². The Bertz CT molecular complexity index is 484. The molecule has 0 unspecified atom stereocenters. The molecule has 1 saturated heterocycles. The molecule has 1 fully saturated rings. The van der Waals surface area contributed by atoms with Crippen molar-refractivity contribution in [1.29, 1.82) is 0 Å². The smallest absolute Gasteiger partial charge is 0.349 e. The molecule has 0 aromatic carbocycles. The van der Waals surface area contributed by atoms with Crippen LogP contribution >= 0.6 is 11.7 Å². The van der Waals surface area contributed by atoms with E-state index in [-0.39, 0.29) is 0 Å². The van der Waals surface area contributed by atoms with Crippen LogP contribution < -0.4 is 9.64 Å². The molecule has 8 heteroatoms. The Morgan fingerprint density at radius 3 is 2.57 bits per heavy atom. The van der Waals surface area contributed by atoms with E-state index in [0.29, 0.717) is 18.3 Å². The largest absolute Gasteiger partial charge is 0.463 e. The number of hydrogen-bond acceptors (Lipinski definition) is 8. The van der Waals surface area contributed by atoms with Crippen molar-refractivity contribution >= 4 is 23.5 Å². The van der Waals surface area contributed by atoms with Crippen LogP contribution in [0.5, 0.6) is 5.88 Å². The van der Waals surface area contributed by atoms with Gasteiger partial charge in [-0.3, -0.25) is 0 Å². The summed E-state index contributed by atoms with van der Waals surface area (Å²) in [4.78, 5) is 16.3. The van der Waals surface area contributed by atoms with E-state index in [0.717, 1.165) is 37.9 Å². The fraction of sp³-hybridized carbons (Fsp3) is 0.769. The number of rotatable bonds is 5. The Morgan fingerprint density at radius 2 is 1.95 bits per heavy atom. The maximum atomic E-state index is 11.9. The van der Waals surface area contributed by atoms with Gasteiger partial charge in [-0.15, -0.1) is 4.37 Å². The van der Waals surface area contributed by atoms with Crippen LogP contribution in [0.15, 0.2) is 0 Å². The first kappa shape index (κ1) is 16.0. The van der Waals surface area contributed by atoms with Crippen molar-refractivity contribution in [2.24, 2.45) is 0 Å². The summed E-state index contributed by atoms with van der Waals surface area (Å²) in [6, 6.07) is 0. The van der Waals surface area contributed by atoms with Crippen LogP contribution in [0.2, 0.25) is 0 Å². The van der Waals surface area contributed by atoms with Gasteiger partial charge in [0.2, 0.25) is 11.4 Å². The zero-order chi connectivity index (χ0) is 15.5. The van der Waals surface area contributed by atoms with Gasteiger partial charge in [0.05, 0.1) is 18.3 Å². The zero-order valence-corrected chi connectivity index (χ0v) is 13.8. The van der Waals surface area contributed by atoms with Crippen LogP contribution in [0.3, 0.4) is 0 Å². The second kappa shape index (κ2) is 6.57. The van der Waals surface area contributed by atoms with E-state index >= 15 is 0 Å². The fourth-order valence-corrected chi connectivity index (χ4v) is 2.54. The Hall–Kier alpha value is -1.41. The third kappa shape index (κ3) is 3.82. The molecule has 1 aromatic rings. The van der Waals surface area contributed by atoms with Gasteiger partial charge in [-0.25, -0.2) is 4.79 Å². The van der Waals surface area contributed by atoms with Gasteiger partial charge in [-0.2, -0.15) is 4.37 Å². The summed E-state index contributed by atoms with van der Waals surface area (Å²) < 4.78 is 19.3. The summed E-state index contributed by atoms with van der Waals surface area (Å²) >= 11 is 1.09. The SMILES string of the molecule is CCOC(=O)C(C)(C)Oc1nsnc1N1CCN(C)CC1. The lowest BCUT2D eigenvalue weighted by molar-refractivity contribution is -0.158. The van der Waals surface area contributed by atoms with Crippen LogP contribution in [0.1, 0.15) is 20.8 Å². The summed E-state index contributed by atoms with van der Waals surface area (Å²) in [5, 5.41) is 0. The van der Waals surface area contributed by atoms with Crippen molar-refractivity contribution in [3.05, 3.63) is 0 Å². The van der Waals surface area contributed by atoms with Crippen molar-refractivity contribution in [3.8, 4) is 5.88 Å². The highest BCUT2D eigenvalue weighted by Crippen LogP contribution is 2.29. The summed E-state index contributed by atoms with van der Waals surface area (Å²) in [7, 11) is 2.10. The standard InChI is InChI=1S/C13H22N4O3S/c1-5-19-12(18)13(2,3)20-11-10(14-21-15-11)17-8-6-16(4)7-9-17/h5-9H2,1-4H3. The molecular formula is C13H22N4O3S. The lowest BCUT2D eigenvalue weighted by atomic mass is 10.1. The summed E-state index contributed by atoms with van der Waals surface area (Å²) in [6.07, 6.45) is 0. The Balaban J connectivity index is 2.08. The average molecular weight is 314 g/mol. The van der Waals surface area contributed by atoms with Crippen molar-refractivity contribution in [2.45, 2.75) is 26.4 Å². The normalized spacial score (nSPS) is 16.9. The molecule has 2 heterocycles. The molecule has 21 heavy (non-hydrogen) atoms. The zero-order valence-electron chi connectivity index (χ0n) is 13.0. The molecule has 0 saturated carbocycles. The molecule has 1 aliphatic rings. The number of esters is 1. The third-order valence-electron chi connectivity index (χ3n) is 3.36. The van der Waals surface area contributed by atoms with Crippen LogP contribution in [-0.2, 0) is 9.53 Å². The topological polar surface area (TPSA) is 67.8 Å². The van der Waals surface area contributed by atoms with Gasteiger partial charge in [-0.1, -0.05) is 0 Å². The van der Waals surface area contributed by atoms with Gasteiger partial charge in [0.25, 0.3) is 5.88 Å². The molecule has 118 valence electrons. The molecule has 0 amide bonds. The van der Waals surface area contributed by atoms with Gasteiger partial charge >= 0.3 is 5.97 Å². The Labute approximate surface area is 129 Å². The first-order valence-electron chi connectivity index (χ1n) is 7.06. The monoisotopic (exact) mass is 314 g/mol. The van der Waals surface area contributed by atoms with Gasteiger partial charge in [-0.05, 0) is 27.8 Å². The average Bonchev–Trinajstić information content (AvgIpc) is 2.87. The highest BCUT2D eigenvalue weighted by atomic mass is 32.1. The van der Waals surface area contributed by atoms with E-state index in [4.69, 9.17) is 9.47 Å². The highest BCUT2D eigenvalue weighted by molar-refractivity contribution is 6.99. The van der Waals surface area contributed by atoms with Crippen LogP contribution in [0.25, 0.3) is 0 Å². The molecule has 2 rings (SSSR count). The van der Waals surface area contributed by atoms with Crippen LogP contribution in [0.4, 0.5) is 5.82 Å². The lowest BCUT2D eigenvalue weighted by Crippen LogP contribution is -2.45. The predicted octanol–water partition coefficient (Wildman–Crippen LogP) is 1.01. The van der Waals surface area contributed by atoms with Gasteiger partial charge in [0, 0.05) is 26.2 Å². The summed E-state index contributed by atoms with van der Waals surface area (Å²) in [5.74, 6) is 0.718. The van der Waals surface area contributed by atoms with E-state index in [9.17, 15) is 4.79 Å². The minimum Gasteiger partial charge on any atom is -0.463 e. The number of nitrogens with zero attached hydrogens (tertiary/aromatic N) is 4. The summed E-state index contributed by atoms with van der Waals surface area (Å²) in [6.45, 7) is 9.14. The number of aromatic nitrogens is 2. The maximum Gasteiger partial charge on any atom is 0.349 e. The molecule has 0 N–H and O–H groups in total. The van der Waals surface area contributed by atoms with E-state index in [1.54, 1.807) is 20.8 Å². The first-order valence-corrected chi connectivity index (χ1v) is 7.79. The second-order valence-corrected chi connectivity index (χ2v) is 6.04. The van der Waals surface area contributed by atoms with Crippen molar-refractivity contribution in [3.63, 3.8) is 0 Å². The maximum absolute atomic E-state index is 11.9. The number of hydrogen-bond donors (Lipinski definition) is 0. The van der Waals surface area contributed by atoms with Crippen LogP contribution in [-0.4, -0.2) is 65.1 Å². The third-order valence-corrected chi connectivity index (χ3v) is 3.87. The van der Waals surface area contributed by atoms with E-state index in [1.165, 1.54) is 0 Å². The van der Waals surface area contributed by atoms with E-state index < -0.39 is 11.6 Å². The molecule has 0 spiro atoms. The first-order chi connectivity index (χ1) is 9.94. The Kier molecular flexibility index (Phi) is 5.00. The quantitative estimate of drug-likeness (QED) is 0.751. The molecule has 1 aromatic heterocycles. The second-order valence-electron chi connectivity index (χ2n) is 5.52. The van der Waals surface area contributed by atoms with E-state index in [2.05, 4.69) is 25.6 Å². The predicted molar refractivity (Wildman–Crippen MR) is 81.0 cm³/mol. The minimum atomic E-state index is -1.08. The molecule has 0 radical (unpaired) electrons. The highest BCUT2D eigenvalue weighted by Gasteiger charge is 2.34. The molecule has 0 aliphatic carbocycles. The molecule has 1 aliphatic heterocycles. The Morgan fingerprint density at radius 1 is 1.29 bits per heavy atom. The van der Waals surface area contributed by atoms with Crippen molar-refractivity contribution < 1.29 is 14.3 Å². The van der Waals surface area contributed by atoms with E-state index in [1.807, 2.05) is 0 Å². The van der Waals surface area contributed by atoms with Crippen molar-refractivity contribution in [2.75, 3.05) is 44.7 Å². The number of piperazine rings is 1. The minimum absolute atomic E-state index is 0.326. The molecular weight excluding hydrogens is 292 g/mol.